The molecule has 2 aromatic rings. The molecule has 0 amide bonds. The van der Waals surface area contributed by atoms with E-state index in [1.807, 2.05) is 44.2 Å². The SMILES string of the molecule is CC(C)(Cc1ccccc1)c1ncc(C(=O)O)c(Cl)n1. The molecule has 1 heterocycles. The number of aromatic carboxylic acids is 1. The summed E-state index contributed by atoms with van der Waals surface area (Å²) in [6.45, 7) is 4.01. The van der Waals surface area contributed by atoms with E-state index in [9.17, 15) is 4.79 Å². The molecule has 2 rings (SSSR count). The van der Waals surface area contributed by atoms with Gasteiger partial charge in [0, 0.05) is 11.6 Å². The Morgan fingerprint density at radius 1 is 1.30 bits per heavy atom. The third-order valence-corrected chi connectivity index (χ3v) is 3.35. The second kappa shape index (κ2) is 5.59. The van der Waals surface area contributed by atoms with Crippen molar-refractivity contribution in [2.45, 2.75) is 25.7 Å². The van der Waals surface area contributed by atoms with E-state index >= 15 is 0 Å². The van der Waals surface area contributed by atoms with Crippen LogP contribution in [0.2, 0.25) is 5.15 Å². The van der Waals surface area contributed by atoms with Gasteiger partial charge in [0.25, 0.3) is 0 Å². The summed E-state index contributed by atoms with van der Waals surface area (Å²) < 4.78 is 0. The fourth-order valence-electron chi connectivity index (χ4n) is 2.02. The van der Waals surface area contributed by atoms with E-state index in [2.05, 4.69) is 9.97 Å². The fraction of sp³-hybridized carbons (Fsp3) is 0.267. The Hall–Kier alpha value is -1.94. The van der Waals surface area contributed by atoms with E-state index in [1.54, 1.807) is 0 Å². The van der Waals surface area contributed by atoms with Crippen molar-refractivity contribution < 1.29 is 9.90 Å². The molecule has 5 heteroatoms. The number of aromatic nitrogens is 2. The van der Waals surface area contributed by atoms with E-state index in [0.29, 0.717) is 5.82 Å². The van der Waals surface area contributed by atoms with Crippen molar-refractivity contribution in [3.63, 3.8) is 0 Å². The molecule has 20 heavy (non-hydrogen) atoms. The first-order valence-electron chi connectivity index (χ1n) is 6.20. The summed E-state index contributed by atoms with van der Waals surface area (Å²) in [6.07, 6.45) is 2.01. The first kappa shape index (κ1) is 14.5. The predicted molar refractivity (Wildman–Crippen MR) is 77.2 cm³/mol. The molecule has 0 unspecified atom stereocenters. The van der Waals surface area contributed by atoms with Crippen LogP contribution in [0.25, 0.3) is 0 Å². The Morgan fingerprint density at radius 3 is 2.50 bits per heavy atom. The zero-order chi connectivity index (χ0) is 14.8. The number of nitrogens with zero attached hydrogens (tertiary/aromatic N) is 2. The second-order valence-corrected chi connectivity index (χ2v) is 5.61. The van der Waals surface area contributed by atoms with Gasteiger partial charge in [0.2, 0.25) is 0 Å². The molecule has 0 aliphatic rings. The van der Waals surface area contributed by atoms with Gasteiger partial charge in [0.05, 0.1) is 0 Å². The van der Waals surface area contributed by atoms with Crippen molar-refractivity contribution in [1.29, 1.82) is 0 Å². The number of hydrogen-bond acceptors (Lipinski definition) is 3. The van der Waals surface area contributed by atoms with Gasteiger partial charge in [-0.25, -0.2) is 14.8 Å². The Labute approximate surface area is 122 Å². The Morgan fingerprint density at radius 2 is 1.95 bits per heavy atom. The van der Waals surface area contributed by atoms with Crippen LogP contribution in [0.3, 0.4) is 0 Å². The van der Waals surface area contributed by atoms with E-state index in [-0.39, 0.29) is 16.1 Å². The molecule has 0 saturated heterocycles. The normalized spacial score (nSPS) is 11.3. The maximum atomic E-state index is 10.9. The molecule has 0 aliphatic carbocycles. The predicted octanol–water partition coefficient (Wildman–Crippen LogP) is 3.35. The zero-order valence-electron chi connectivity index (χ0n) is 11.3. The number of halogens is 1. The summed E-state index contributed by atoms with van der Waals surface area (Å²) >= 11 is 5.90. The molecule has 0 spiro atoms. The summed E-state index contributed by atoms with van der Waals surface area (Å²) in [6, 6.07) is 10.00. The van der Waals surface area contributed by atoms with Gasteiger partial charge in [-0.15, -0.1) is 0 Å². The summed E-state index contributed by atoms with van der Waals surface area (Å²) in [5.74, 6) is -0.584. The largest absolute Gasteiger partial charge is 0.478 e. The van der Waals surface area contributed by atoms with Crippen LogP contribution in [0.1, 0.15) is 35.6 Å². The molecule has 4 nitrogen and oxygen atoms in total. The van der Waals surface area contributed by atoms with Crippen molar-refractivity contribution >= 4 is 17.6 Å². The third-order valence-electron chi connectivity index (χ3n) is 3.07. The molecule has 0 radical (unpaired) electrons. The Kier molecular flexibility index (Phi) is 4.04. The van der Waals surface area contributed by atoms with Gasteiger partial charge in [-0.1, -0.05) is 55.8 Å². The van der Waals surface area contributed by atoms with Crippen molar-refractivity contribution in [3.8, 4) is 0 Å². The highest BCUT2D eigenvalue weighted by Crippen LogP contribution is 2.26. The summed E-state index contributed by atoms with van der Waals surface area (Å²) in [7, 11) is 0. The second-order valence-electron chi connectivity index (χ2n) is 5.25. The summed E-state index contributed by atoms with van der Waals surface area (Å²) in [4.78, 5) is 19.2. The van der Waals surface area contributed by atoms with Gasteiger partial charge in [0.15, 0.2) is 0 Å². The molecule has 0 atom stereocenters. The summed E-state index contributed by atoms with van der Waals surface area (Å²) in [5, 5.41) is 8.91. The molecule has 0 saturated carbocycles. The van der Waals surface area contributed by atoms with Gasteiger partial charge in [-0.2, -0.15) is 0 Å². The lowest BCUT2D eigenvalue weighted by molar-refractivity contribution is 0.0696. The number of rotatable bonds is 4. The van der Waals surface area contributed by atoms with E-state index in [1.165, 1.54) is 11.8 Å². The van der Waals surface area contributed by atoms with Gasteiger partial charge in [-0.3, -0.25) is 0 Å². The zero-order valence-corrected chi connectivity index (χ0v) is 12.1. The highest BCUT2D eigenvalue weighted by molar-refractivity contribution is 6.32. The minimum absolute atomic E-state index is 0.0244. The first-order valence-corrected chi connectivity index (χ1v) is 6.58. The molecule has 0 aliphatic heterocycles. The number of hydrogen-bond donors (Lipinski definition) is 1. The van der Waals surface area contributed by atoms with Crippen LogP contribution in [-0.4, -0.2) is 21.0 Å². The van der Waals surface area contributed by atoms with Gasteiger partial charge >= 0.3 is 5.97 Å². The van der Waals surface area contributed by atoms with Gasteiger partial charge < -0.3 is 5.11 Å². The monoisotopic (exact) mass is 290 g/mol. The van der Waals surface area contributed by atoms with Crippen LogP contribution in [-0.2, 0) is 11.8 Å². The molecular formula is C15H15ClN2O2. The maximum Gasteiger partial charge on any atom is 0.340 e. The summed E-state index contributed by atoms with van der Waals surface area (Å²) in [5.41, 5.74) is 0.757. The molecule has 1 aromatic heterocycles. The molecule has 0 bridgehead atoms. The van der Waals surface area contributed by atoms with Gasteiger partial charge in [0.1, 0.15) is 16.5 Å². The highest BCUT2D eigenvalue weighted by Gasteiger charge is 2.26. The van der Waals surface area contributed by atoms with Crippen LogP contribution in [0.15, 0.2) is 36.5 Å². The minimum atomic E-state index is -1.12. The van der Waals surface area contributed by atoms with Crippen LogP contribution >= 0.6 is 11.6 Å². The van der Waals surface area contributed by atoms with Crippen LogP contribution in [0, 0.1) is 0 Å². The van der Waals surface area contributed by atoms with Crippen LogP contribution in [0.5, 0.6) is 0 Å². The van der Waals surface area contributed by atoms with E-state index in [4.69, 9.17) is 16.7 Å². The van der Waals surface area contributed by atoms with E-state index < -0.39 is 5.97 Å². The third kappa shape index (κ3) is 3.14. The van der Waals surface area contributed by atoms with E-state index in [0.717, 1.165) is 6.42 Å². The lowest BCUT2D eigenvalue weighted by Crippen LogP contribution is -2.24. The smallest absolute Gasteiger partial charge is 0.340 e. The molecule has 104 valence electrons. The number of carbonyl (C=O) groups is 1. The quantitative estimate of drug-likeness (QED) is 0.877. The number of benzene rings is 1. The Bertz CT molecular complexity index is 627. The van der Waals surface area contributed by atoms with Crippen molar-refractivity contribution in [1.82, 2.24) is 9.97 Å². The number of carboxylic acid groups (broad SMARTS) is 1. The standard InChI is InChI=1S/C15H15ClN2O2/c1-15(2,8-10-6-4-3-5-7-10)14-17-9-11(13(19)20)12(16)18-14/h3-7,9H,8H2,1-2H3,(H,19,20). The van der Waals surface area contributed by atoms with Crippen molar-refractivity contribution in [3.05, 3.63) is 58.6 Å². The molecule has 1 N–H and O–H groups in total. The van der Waals surface area contributed by atoms with Crippen molar-refractivity contribution in [2.75, 3.05) is 0 Å². The number of carboxylic acids is 1. The Balaban J connectivity index is 2.30. The minimum Gasteiger partial charge on any atom is -0.478 e. The van der Waals surface area contributed by atoms with Crippen LogP contribution in [0.4, 0.5) is 0 Å². The topological polar surface area (TPSA) is 63.1 Å². The average Bonchev–Trinajstić information content (AvgIpc) is 2.38. The van der Waals surface area contributed by atoms with Crippen LogP contribution < -0.4 is 0 Å². The maximum absolute atomic E-state index is 10.9. The average molecular weight is 291 g/mol. The fourth-order valence-corrected chi connectivity index (χ4v) is 2.23. The highest BCUT2D eigenvalue weighted by atomic mass is 35.5. The van der Waals surface area contributed by atoms with Gasteiger partial charge in [-0.05, 0) is 12.0 Å². The molecule has 1 aromatic carbocycles. The van der Waals surface area contributed by atoms with Crippen molar-refractivity contribution in [2.24, 2.45) is 0 Å². The lowest BCUT2D eigenvalue weighted by Gasteiger charge is -2.23. The molecular weight excluding hydrogens is 276 g/mol. The molecule has 0 fully saturated rings. The first-order chi connectivity index (χ1) is 9.40. The lowest BCUT2D eigenvalue weighted by atomic mass is 9.85.